The van der Waals surface area contributed by atoms with Crippen LogP contribution >= 0.6 is 0 Å². The van der Waals surface area contributed by atoms with Gasteiger partial charge in [0.25, 0.3) is 0 Å². The standard InChI is InChI=1S/C25H19F2N5O3S/c1-2-36(33,34)23-7-6-16(12-30-23)35-17-9-15(10-18-19(26)13-28-14-20(18)27)24-22(11-17)31-25(32-24)21-5-3-4-8-29-21/h3-9,11-14H,2,10H2,1H3,(H,31,32). The molecule has 0 unspecified atom stereocenters. The number of halogens is 2. The molecule has 8 nitrogen and oxygen atoms in total. The molecule has 5 rings (SSSR count). The van der Waals surface area contributed by atoms with E-state index in [1.54, 1.807) is 30.5 Å². The van der Waals surface area contributed by atoms with Crippen LogP contribution in [0.25, 0.3) is 22.6 Å². The van der Waals surface area contributed by atoms with Gasteiger partial charge in [0.15, 0.2) is 20.7 Å². The molecule has 1 aromatic carbocycles. The van der Waals surface area contributed by atoms with E-state index in [2.05, 4.69) is 24.9 Å². The highest BCUT2D eigenvalue weighted by Crippen LogP contribution is 2.31. The molecule has 0 atom stereocenters. The van der Waals surface area contributed by atoms with Gasteiger partial charge in [-0.25, -0.2) is 27.2 Å². The third-order valence-electron chi connectivity index (χ3n) is 5.51. The quantitative estimate of drug-likeness (QED) is 0.335. The molecule has 0 aliphatic rings. The monoisotopic (exact) mass is 507 g/mol. The van der Waals surface area contributed by atoms with Gasteiger partial charge < -0.3 is 9.72 Å². The van der Waals surface area contributed by atoms with Crippen molar-refractivity contribution in [3.63, 3.8) is 0 Å². The maximum atomic E-state index is 14.4. The molecule has 4 heterocycles. The first-order valence-corrected chi connectivity index (χ1v) is 12.6. The summed E-state index contributed by atoms with van der Waals surface area (Å²) in [5, 5.41) is -0.0503. The van der Waals surface area contributed by atoms with Crippen LogP contribution in [-0.2, 0) is 16.3 Å². The average molecular weight is 508 g/mol. The first kappa shape index (κ1) is 23.5. The van der Waals surface area contributed by atoms with Crippen molar-refractivity contribution in [2.75, 3.05) is 5.75 Å². The summed E-state index contributed by atoms with van der Waals surface area (Å²) in [7, 11) is -3.45. The van der Waals surface area contributed by atoms with Gasteiger partial charge in [0.05, 0.1) is 35.4 Å². The van der Waals surface area contributed by atoms with Crippen LogP contribution in [0.15, 0.2) is 72.3 Å². The maximum Gasteiger partial charge on any atom is 0.195 e. The second-order valence-corrected chi connectivity index (χ2v) is 10.1. The number of aromatic nitrogens is 5. The van der Waals surface area contributed by atoms with Crippen molar-refractivity contribution in [3.8, 4) is 23.0 Å². The van der Waals surface area contributed by atoms with Crippen molar-refractivity contribution in [2.45, 2.75) is 18.4 Å². The van der Waals surface area contributed by atoms with Crippen molar-refractivity contribution in [1.82, 2.24) is 24.9 Å². The number of sulfone groups is 1. The summed E-state index contributed by atoms with van der Waals surface area (Å²) in [6.45, 7) is 1.54. The van der Waals surface area contributed by atoms with Crippen molar-refractivity contribution >= 4 is 20.9 Å². The summed E-state index contributed by atoms with van der Waals surface area (Å²) in [6, 6.07) is 11.6. The zero-order valence-electron chi connectivity index (χ0n) is 18.9. The van der Waals surface area contributed by atoms with E-state index in [9.17, 15) is 17.2 Å². The largest absolute Gasteiger partial charge is 0.456 e. The Balaban J connectivity index is 1.57. The molecule has 11 heteroatoms. The highest BCUT2D eigenvalue weighted by Gasteiger charge is 2.18. The van der Waals surface area contributed by atoms with E-state index in [0.29, 0.717) is 39.6 Å². The van der Waals surface area contributed by atoms with Gasteiger partial charge in [-0.3, -0.25) is 9.97 Å². The van der Waals surface area contributed by atoms with E-state index in [0.717, 1.165) is 12.4 Å². The molecular formula is C25H19F2N5O3S. The Labute approximate surface area is 205 Å². The minimum Gasteiger partial charge on any atom is -0.456 e. The molecule has 0 aliphatic heterocycles. The van der Waals surface area contributed by atoms with E-state index >= 15 is 0 Å². The van der Waals surface area contributed by atoms with Gasteiger partial charge in [-0.2, -0.15) is 0 Å². The number of imidazole rings is 1. The molecule has 1 N–H and O–H groups in total. The third-order valence-corrected chi connectivity index (χ3v) is 7.15. The van der Waals surface area contributed by atoms with Gasteiger partial charge in [0.2, 0.25) is 0 Å². The fraction of sp³-hybridized carbons (Fsp3) is 0.120. The number of hydrogen-bond donors (Lipinski definition) is 1. The zero-order valence-corrected chi connectivity index (χ0v) is 19.8. The third kappa shape index (κ3) is 4.65. The zero-order chi connectivity index (χ0) is 25.3. The Morgan fingerprint density at radius 2 is 1.78 bits per heavy atom. The molecule has 182 valence electrons. The van der Waals surface area contributed by atoms with Crippen molar-refractivity contribution in [2.24, 2.45) is 0 Å². The van der Waals surface area contributed by atoms with Crippen LogP contribution in [0, 0.1) is 11.6 Å². The number of fused-ring (bicyclic) bond motifs is 1. The molecule has 0 bridgehead atoms. The molecule has 0 aliphatic carbocycles. The second kappa shape index (κ2) is 9.42. The predicted molar refractivity (Wildman–Crippen MR) is 128 cm³/mol. The van der Waals surface area contributed by atoms with Crippen molar-refractivity contribution < 1.29 is 21.9 Å². The normalized spacial score (nSPS) is 11.6. The first-order valence-electron chi connectivity index (χ1n) is 10.9. The molecule has 0 saturated heterocycles. The topological polar surface area (TPSA) is 111 Å². The van der Waals surface area contributed by atoms with Crippen molar-refractivity contribution in [1.29, 1.82) is 0 Å². The van der Waals surface area contributed by atoms with Gasteiger partial charge in [-0.05, 0) is 35.9 Å². The lowest BCUT2D eigenvalue weighted by molar-refractivity contribution is 0.479. The van der Waals surface area contributed by atoms with Crippen LogP contribution in [0.4, 0.5) is 8.78 Å². The Bertz CT molecular complexity index is 1640. The second-order valence-electron chi connectivity index (χ2n) is 7.88. The number of hydrogen-bond acceptors (Lipinski definition) is 7. The van der Waals surface area contributed by atoms with Crippen LogP contribution in [0.3, 0.4) is 0 Å². The van der Waals surface area contributed by atoms with Crippen LogP contribution in [-0.4, -0.2) is 39.1 Å². The van der Waals surface area contributed by atoms with Gasteiger partial charge in [0.1, 0.15) is 28.8 Å². The number of ether oxygens (including phenoxy) is 1. The van der Waals surface area contributed by atoms with E-state index < -0.39 is 21.5 Å². The van der Waals surface area contributed by atoms with E-state index in [-0.39, 0.29) is 22.8 Å². The van der Waals surface area contributed by atoms with Crippen LogP contribution in [0.5, 0.6) is 11.5 Å². The molecule has 0 radical (unpaired) electrons. The van der Waals surface area contributed by atoms with Gasteiger partial charge in [-0.15, -0.1) is 0 Å². The average Bonchev–Trinajstić information content (AvgIpc) is 3.32. The van der Waals surface area contributed by atoms with Crippen LogP contribution < -0.4 is 4.74 Å². The summed E-state index contributed by atoms with van der Waals surface area (Å²) in [6.07, 6.45) is 4.75. The molecule has 0 amide bonds. The fourth-order valence-corrected chi connectivity index (χ4v) is 4.45. The number of benzene rings is 1. The minimum atomic E-state index is -3.45. The predicted octanol–water partition coefficient (Wildman–Crippen LogP) is 4.87. The van der Waals surface area contributed by atoms with E-state index in [4.69, 9.17) is 4.74 Å². The number of rotatable bonds is 7. The Hall–Kier alpha value is -4.25. The Morgan fingerprint density at radius 3 is 2.44 bits per heavy atom. The summed E-state index contributed by atoms with van der Waals surface area (Å²) >= 11 is 0. The lowest BCUT2D eigenvalue weighted by atomic mass is 10.0. The summed E-state index contributed by atoms with van der Waals surface area (Å²) < 4.78 is 58.7. The Morgan fingerprint density at radius 1 is 0.972 bits per heavy atom. The number of nitrogens with one attached hydrogen (secondary N) is 1. The fourth-order valence-electron chi connectivity index (χ4n) is 3.67. The number of pyridine rings is 3. The van der Waals surface area contributed by atoms with Crippen LogP contribution in [0.2, 0.25) is 0 Å². The summed E-state index contributed by atoms with van der Waals surface area (Å²) in [5.41, 5.74) is 2.02. The molecule has 36 heavy (non-hydrogen) atoms. The van der Waals surface area contributed by atoms with E-state index in [1.807, 2.05) is 6.07 Å². The molecule has 0 saturated carbocycles. The molecule has 0 fully saturated rings. The Kier molecular flexibility index (Phi) is 6.15. The molecule has 4 aromatic heterocycles. The number of nitrogens with zero attached hydrogens (tertiary/aromatic N) is 4. The van der Waals surface area contributed by atoms with Crippen LogP contribution in [0.1, 0.15) is 18.1 Å². The molecule has 0 spiro atoms. The number of H-pyrrole nitrogens is 1. The molecule has 5 aromatic rings. The minimum absolute atomic E-state index is 0.0503. The lowest BCUT2D eigenvalue weighted by Gasteiger charge is -2.10. The number of aromatic amines is 1. The summed E-state index contributed by atoms with van der Waals surface area (Å²) in [4.78, 5) is 19.6. The highest BCUT2D eigenvalue weighted by atomic mass is 32.2. The van der Waals surface area contributed by atoms with Gasteiger partial charge in [0, 0.05) is 24.2 Å². The maximum absolute atomic E-state index is 14.4. The smallest absolute Gasteiger partial charge is 0.195 e. The summed E-state index contributed by atoms with van der Waals surface area (Å²) in [5.74, 6) is -0.493. The van der Waals surface area contributed by atoms with Crippen molar-refractivity contribution in [3.05, 3.63) is 90.0 Å². The van der Waals surface area contributed by atoms with E-state index in [1.165, 1.54) is 25.3 Å². The molecular weight excluding hydrogens is 488 g/mol. The lowest BCUT2D eigenvalue weighted by Crippen LogP contribution is -2.05. The first-order chi connectivity index (χ1) is 17.3. The SMILES string of the molecule is CCS(=O)(=O)c1ccc(Oc2cc(Cc3c(F)cncc3F)c3nc(-c4ccccn4)[nH]c3c2)cn1. The van der Waals surface area contributed by atoms with Gasteiger partial charge >= 0.3 is 0 Å². The highest BCUT2D eigenvalue weighted by molar-refractivity contribution is 7.91. The van der Waals surface area contributed by atoms with Gasteiger partial charge in [-0.1, -0.05) is 13.0 Å².